The molecular formula is C20H14ClN3O3. The molecule has 0 amide bonds. The lowest BCUT2D eigenvalue weighted by Crippen LogP contribution is -2.06. The van der Waals surface area contributed by atoms with E-state index in [0.717, 1.165) is 5.52 Å². The number of ether oxygens (including phenoxy) is 1. The van der Waals surface area contributed by atoms with Crippen molar-refractivity contribution >= 4 is 40.3 Å². The Morgan fingerprint density at radius 1 is 1.26 bits per heavy atom. The Morgan fingerprint density at radius 3 is 2.74 bits per heavy atom. The van der Waals surface area contributed by atoms with Gasteiger partial charge >= 0.3 is 5.97 Å². The number of aromatic amines is 1. The molecule has 27 heavy (non-hydrogen) atoms. The summed E-state index contributed by atoms with van der Waals surface area (Å²) >= 11 is 6.00. The Balaban J connectivity index is 1.70. The zero-order valence-corrected chi connectivity index (χ0v) is 14.8. The smallest absolute Gasteiger partial charge is 0.331 e. The van der Waals surface area contributed by atoms with Crippen LogP contribution in [0.3, 0.4) is 0 Å². The third kappa shape index (κ3) is 4.35. The number of imidazole rings is 1. The van der Waals surface area contributed by atoms with Gasteiger partial charge in [0, 0.05) is 11.1 Å². The van der Waals surface area contributed by atoms with Crippen LogP contribution in [0.1, 0.15) is 11.4 Å². The van der Waals surface area contributed by atoms with Crippen molar-refractivity contribution in [3.05, 3.63) is 76.8 Å². The minimum Gasteiger partial charge on any atom is -0.507 e. The van der Waals surface area contributed by atoms with E-state index in [9.17, 15) is 15.2 Å². The van der Waals surface area contributed by atoms with Crippen LogP contribution in [-0.2, 0) is 9.53 Å². The first kappa shape index (κ1) is 18.2. The molecule has 0 aliphatic heterocycles. The highest BCUT2D eigenvalue weighted by molar-refractivity contribution is 6.32. The van der Waals surface area contributed by atoms with Crippen LogP contribution >= 0.6 is 11.6 Å². The lowest BCUT2D eigenvalue weighted by molar-refractivity contribution is -0.137. The first-order valence-electron chi connectivity index (χ1n) is 7.95. The zero-order chi connectivity index (χ0) is 19.2. The predicted molar refractivity (Wildman–Crippen MR) is 103 cm³/mol. The Labute approximate surface area is 160 Å². The van der Waals surface area contributed by atoms with Crippen LogP contribution in [0.5, 0.6) is 0 Å². The summed E-state index contributed by atoms with van der Waals surface area (Å²) in [6, 6.07) is 16.1. The number of allylic oxidation sites excluding steroid dienone is 1. The van der Waals surface area contributed by atoms with E-state index in [-0.39, 0.29) is 11.4 Å². The molecule has 0 saturated carbocycles. The Bertz CT molecular complexity index is 1060. The molecule has 1 aromatic heterocycles. The lowest BCUT2D eigenvalue weighted by Gasteiger charge is -2.03. The van der Waals surface area contributed by atoms with Gasteiger partial charge in [0.05, 0.1) is 11.0 Å². The van der Waals surface area contributed by atoms with E-state index in [4.69, 9.17) is 16.3 Å². The van der Waals surface area contributed by atoms with Crippen LogP contribution in [0.25, 0.3) is 22.7 Å². The maximum Gasteiger partial charge on any atom is 0.331 e. The van der Waals surface area contributed by atoms with E-state index in [1.165, 1.54) is 12.2 Å². The molecule has 0 aliphatic carbocycles. The molecule has 6 nitrogen and oxygen atoms in total. The number of aliphatic hydroxyl groups excluding tert-OH is 1. The minimum atomic E-state index is -0.677. The summed E-state index contributed by atoms with van der Waals surface area (Å²) in [5.41, 5.74) is 1.96. The quantitative estimate of drug-likeness (QED) is 0.298. The number of carbonyl (C=O) groups is 1. The molecule has 3 rings (SSSR count). The minimum absolute atomic E-state index is 0.0888. The van der Waals surface area contributed by atoms with E-state index < -0.39 is 18.3 Å². The fourth-order valence-corrected chi connectivity index (χ4v) is 2.55. The fourth-order valence-electron chi connectivity index (χ4n) is 2.35. The summed E-state index contributed by atoms with van der Waals surface area (Å²) in [6.07, 6.45) is 2.71. The van der Waals surface area contributed by atoms with Gasteiger partial charge in [-0.3, -0.25) is 0 Å². The van der Waals surface area contributed by atoms with Crippen molar-refractivity contribution in [3.63, 3.8) is 0 Å². The molecule has 0 atom stereocenters. The standard InChI is InChI=1S/C20H14ClN3O3/c21-15-6-2-1-5-13(15)9-10-19(26)27-12-18(25)14(11-22)20-23-16-7-3-4-8-17(16)24-20/h1-10,25H,12H2,(H,23,24)/b10-9?,18-14-. The largest absolute Gasteiger partial charge is 0.507 e. The fraction of sp³-hybridized carbons (Fsp3) is 0.0500. The number of esters is 1. The molecule has 0 bridgehead atoms. The Kier molecular flexibility index (Phi) is 5.55. The van der Waals surface area contributed by atoms with Crippen molar-refractivity contribution in [1.29, 1.82) is 5.26 Å². The molecule has 134 valence electrons. The summed E-state index contributed by atoms with van der Waals surface area (Å²) in [4.78, 5) is 19.0. The van der Waals surface area contributed by atoms with E-state index in [2.05, 4.69) is 9.97 Å². The summed E-state index contributed by atoms with van der Waals surface area (Å²) < 4.78 is 4.97. The first-order valence-corrected chi connectivity index (χ1v) is 8.33. The van der Waals surface area contributed by atoms with Crippen LogP contribution in [0.2, 0.25) is 5.02 Å². The number of hydrogen-bond donors (Lipinski definition) is 2. The number of carbonyl (C=O) groups excluding carboxylic acids is 1. The van der Waals surface area contributed by atoms with E-state index in [0.29, 0.717) is 16.1 Å². The van der Waals surface area contributed by atoms with E-state index in [1.54, 1.807) is 36.4 Å². The highest BCUT2D eigenvalue weighted by Crippen LogP contribution is 2.19. The molecule has 2 N–H and O–H groups in total. The zero-order valence-electron chi connectivity index (χ0n) is 14.0. The van der Waals surface area contributed by atoms with Crippen molar-refractivity contribution in [2.45, 2.75) is 0 Å². The van der Waals surface area contributed by atoms with Crippen molar-refractivity contribution in [1.82, 2.24) is 9.97 Å². The third-order valence-corrected chi connectivity index (χ3v) is 4.03. The number of halogens is 1. The number of nitriles is 1. The van der Waals surface area contributed by atoms with Crippen molar-refractivity contribution in [2.24, 2.45) is 0 Å². The predicted octanol–water partition coefficient (Wildman–Crippen LogP) is 4.27. The molecule has 2 aromatic carbocycles. The van der Waals surface area contributed by atoms with Crippen molar-refractivity contribution in [3.8, 4) is 6.07 Å². The number of hydrogen-bond acceptors (Lipinski definition) is 5. The third-order valence-electron chi connectivity index (χ3n) is 3.68. The normalized spacial score (nSPS) is 12.0. The SMILES string of the molecule is N#C/C(=C(/O)COC(=O)C=Cc1ccccc1Cl)c1nc2ccccc2[nH]1. The summed E-state index contributed by atoms with van der Waals surface area (Å²) in [6.45, 7) is -0.453. The summed E-state index contributed by atoms with van der Waals surface area (Å²) in [7, 11) is 0. The average molecular weight is 380 g/mol. The molecule has 7 heteroatoms. The highest BCUT2D eigenvalue weighted by Gasteiger charge is 2.14. The molecule has 0 saturated heterocycles. The van der Waals surface area contributed by atoms with Crippen LogP contribution in [0, 0.1) is 11.3 Å². The number of aliphatic hydroxyl groups is 1. The molecule has 0 aliphatic rings. The second-order valence-electron chi connectivity index (χ2n) is 5.50. The van der Waals surface area contributed by atoms with Crippen molar-refractivity contribution < 1.29 is 14.6 Å². The van der Waals surface area contributed by atoms with Crippen LogP contribution in [0.4, 0.5) is 0 Å². The summed E-state index contributed by atoms with van der Waals surface area (Å²) in [5, 5.41) is 20.0. The van der Waals surface area contributed by atoms with Gasteiger partial charge in [-0.2, -0.15) is 5.26 Å². The van der Waals surface area contributed by atoms with Gasteiger partial charge in [0.15, 0.2) is 11.6 Å². The maximum atomic E-state index is 11.8. The molecule has 0 fully saturated rings. The highest BCUT2D eigenvalue weighted by atomic mass is 35.5. The number of rotatable bonds is 5. The first-order chi connectivity index (χ1) is 13.1. The lowest BCUT2D eigenvalue weighted by atomic mass is 10.2. The second kappa shape index (κ2) is 8.21. The van der Waals surface area contributed by atoms with Gasteiger partial charge in [-0.05, 0) is 29.8 Å². The average Bonchev–Trinajstić information content (AvgIpc) is 3.10. The molecule has 0 spiro atoms. The van der Waals surface area contributed by atoms with Gasteiger partial charge in [0.2, 0.25) is 0 Å². The number of fused-ring (bicyclic) bond motifs is 1. The Morgan fingerprint density at radius 2 is 2.00 bits per heavy atom. The molecular weight excluding hydrogens is 366 g/mol. The van der Waals surface area contributed by atoms with Crippen LogP contribution in [0.15, 0.2) is 60.4 Å². The topological polar surface area (TPSA) is 99.0 Å². The maximum absolute atomic E-state index is 11.8. The van der Waals surface area contributed by atoms with Gasteiger partial charge in [0.1, 0.15) is 18.2 Å². The van der Waals surface area contributed by atoms with Gasteiger partial charge in [-0.1, -0.05) is 41.9 Å². The molecule has 0 unspecified atom stereocenters. The Hall–Kier alpha value is -3.56. The number of nitrogens with one attached hydrogen (secondary N) is 1. The van der Waals surface area contributed by atoms with Crippen LogP contribution in [-0.4, -0.2) is 27.7 Å². The number of nitrogens with zero attached hydrogens (tertiary/aromatic N) is 2. The van der Waals surface area contributed by atoms with Gasteiger partial charge in [-0.15, -0.1) is 0 Å². The van der Waals surface area contributed by atoms with Gasteiger partial charge in [0.25, 0.3) is 0 Å². The molecule has 3 aromatic rings. The number of H-pyrrole nitrogens is 1. The van der Waals surface area contributed by atoms with Crippen molar-refractivity contribution in [2.75, 3.05) is 6.61 Å². The number of benzene rings is 2. The molecule has 1 heterocycles. The van der Waals surface area contributed by atoms with Crippen LogP contribution < -0.4 is 0 Å². The van der Waals surface area contributed by atoms with Gasteiger partial charge < -0.3 is 14.8 Å². The van der Waals surface area contributed by atoms with Gasteiger partial charge in [-0.25, -0.2) is 9.78 Å². The molecule has 0 radical (unpaired) electrons. The monoisotopic (exact) mass is 379 g/mol. The second-order valence-corrected chi connectivity index (χ2v) is 5.91. The van der Waals surface area contributed by atoms with E-state index in [1.807, 2.05) is 18.2 Å². The number of para-hydroxylation sites is 2. The van der Waals surface area contributed by atoms with E-state index >= 15 is 0 Å². The number of aromatic nitrogens is 2. The summed E-state index contributed by atoms with van der Waals surface area (Å²) in [5.74, 6) is -0.863.